The molecule has 0 amide bonds. The average Bonchev–Trinajstić information content (AvgIpc) is 2.49. The van der Waals surface area contributed by atoms with E-state index in [1.807, 2.05) is 0 Å². The molecule has 0 bridgehead atoms. The first-order valence-corrected chi connectivity index (χ1v) is 7.80. The number of carbonyl (C=O) groups is 1. The van der Waals surface area contributed by atoms with Crippen LogP contribution >= 0.6 is 0 Å². The van der Waals surface area contributed by atoms with Crippen molar-refractivity contribution in [2.75, 3.05) is 13.2 Å². The zero-order valence-corrected chi connectivity index (χ0v) is 13.3. The molecule has 0 aliphatic heterocycles. The predicted octanol–water partition coefficient (Wildman–Crippen LogP) is 4.06. The van der Waals surface area contributed by atoms with Crippen LogP contribution < -0.4 is 0 Å². The molecule has 1 saturated carbocycles. The average molecular weight is 292 g/mol. The summed E-state index contributed by atoms with van der Waals surface area (Å²) in [6.07, 6.45) is 9.52. The molecule has 0 saturated heterocycles. The van der Waals surface area contributed by atoms with E-state index in [0.29, 0.717) is 30.1 Å². The van der Waals surface area contributed by atoms with Gasteiger partial charge < -0.3 is 9.47 Å². The summed E-state index contributed by atoms with van der Waals surface area (Å²) in [6.45, 7) is 12.7. The van der Waals surface area contributed by atoms with Gasteiger partial charge in [-0.15, -0.1) is 0 Å². The van der Waals surface area contributed by atoms with Gasteiger partial charge in [0.2, 0.25) is 0 Å². The third-order valence-electron chi connectivity index (χ3n) is 3.83. The van der Waals surface area contributed by atoms with Gasteiger partial charge in [0, 0.05) is 6.61 Å². The molecule has 0 aromatic heterocycles. The molecule has 0 spiro atoms. The second-order valence-electron chi connectivity index (χ2n) is 5.93. The number of allylic oxidation sites excluding steroid dienone is 2. The molecule has 0 radical (unpaired) electrons. The maximum absolute atomic E-state index is 11.8. The third kappa shape index (κ3) is 6.76. The van der Waals surface area contributed by atoms with E-state index in [-0.39, 0.29) is 5.97 Å². The van der Waals surface area contributed by atoms with E-state index in [1.54, 1.807) is 12.2 Å². The number of ether oxygens (including phenoxy) is 2. The Bertz CT molecular complexity index is 374. The minimum Gasteiger partial charge on any atom is -0.462 e. The van der Waals surface area contributed by atoms with Crippen LogP contribution in [0.2, 0.25) is 0 Å². The second kappa shape index (κ2) is 9.56. The Morgan fingerprint density at radius 2 is 1.71 bits per heavy atom. The molecule has 0 aromatic rings. The van der Waals surface area contributed by atoms with Crippen LogP contribution in [0.15, 0.2) is 37.0 Å². The Morgan fingerprint density at radius 1 is 1.14 bits per heavy atom. The fraction of sp³-hybridized carbons (Fsp3) is 0.611. The lowest BCUT2D eigenvalue weighted by Gasteiger charge is -2.28. The zero-order chi connectivity index (χ0) is 15.7. The summed E-state index contributed by atoms with van der Waals surface area (Å²) in [6, 6.07) is 0. The summed E-state index contributed by atoms with van der Waals surface area (Å²) in [4.78, 5) is 11.8. The van der Waals surface area contributed by atoms with Crippen molar-refractivity contribution in [3.63, 3.8) is 0 Å². The Kier molecular flexibility index (Phi) is 8.06. The number of esters is 1. The molecule has 3 nitrogen and oxygen atoms in total. The molecule has 1 aliphatic carbocycles. The maximum atomic E-state index is 11.8. The highest BCUT2D eigenvalue weighted by Gasteiger charge is 2.23. The van der Waals surface area contributed by atoms with E-state index in [2.05, 4.69) is 27.0 Å². The summed E-state index contributed by atoms with van der Waals surface area (Å²) in [7, 11) is 0. The van der Waals surface area contributed by atoms with Crippen LogP contribution in [-0.4, -0.2) is 25.3 Å². The highest BCUT2D eigenvalue weighted by Crippen LogP contribution is 2.29. The summed E-state index contributed by atoms with van der Waals surface area (Å²) in [5.41, 5.74) is 0.462. The van der Waals surface area contributed by atoms with Crippen LogP contribution in [0.25, 0.3) is 0 Å². The van der Waals surface area contributed by atoms with Crippen molar-refractivity contribution < 1.29 is 14.3 Å². The minimum absolute atomic E-state index is 0.303. The van der Waals surface area contributed by atoms with Gasteiger partial charge in [-0.25, -0.2) is 4.79 Å². The SMILES string of the molecule is C=C/C=C(\C=C)C(=O)OCC1CCC(COC(C)C)CC1. The molecule has 0 atom stereocenters. The standard InChI is InChI=1S/C18H28O3/c1-5-7-17(6-2)18(19)21-13-16-10-8-15(9-11-16)12-20-14(3)4/h5-7,14-16H,1-2,8-13H2,3-4H3/b17-7+. The van der Waals surface area contributed by atoms with Gasteiger partial charge in [0.15, 0.2) is 0 Å². The van der Waals surface area contributed by atoms with Crippen molar-refractivity contribution in [3.05, 3.63) is 37.0 Å². The quantitative estimate of drug-likeness (QED) is 0.384. The second-order valence-corrected chi connectivity index (χ2v) is 5.93. The summed E-state index contributed by atoms with van der Waals surface area (Å²) < 4.78 is 11.0. The van der Waals surface area contributed by atoms with Crippen molar-refractivity contribution >= 4 is 5.97 Å². The Labute approximate surface area is 128 Å². The van der Waals surface area contributed by atoms with E-state index in [4.69, 9.17) is 9.47 Å². The first-order chi connectivity index (χ1) is 10.1. The van der Waals surface area contributed by atoms with E-state index in [0.717, 1.165) is 32.3 Å². The number of hydrogen-bond acceptors (Lipinski definition) is 3. The molecular weight excluding hydrogens is 264 g/mol. The highest BCUT2D eigenvalue weighted by molar-refractivity contribution is 5.91. The molecule has 1 fully saturated rings. The fourth-order valence-corrected chi connectivity index (χ4v) is 2.52. The maximum Gasteiger partial charge on any atom is 0.338 e. The first kappa shape index (κ1) is 17.7. The molecule has 1 rings (SSSR count). The van der Waals surface area contributed by atoms with Gasteiger partial charge in [-0.1, -0.05) is 25.3 Å². The van der Waals surface area contributed by atoms with Gasteiger partial charge in [-0.05, 0) is 57.4 Å². The topological polar surface area (TPSA) is 35.5 Å². The van der Waals surface area contributed by atoms with Gasteiger partial charge in [-0.2, -0.15) is 0 Å². The first-order valence-electron chi connectivity index (χ1n) is 7.80. The van der Waals surface area contributed by atoms with Crippen molar-refractivity contribution in [2.24, 2.45) is 11.8 Å². The van der Waals surface area contributed by atoms with Crippen LogP contribution in [0.5, 0.6) is 0 Å². The molecular formula is C18H28O3. The van der Waals surface area contributed by atoms with Crippen LogP contribution in [0.4, 0.5) is 0 Å². The van der Waals surface area contributed by atoms with Crippen molar-refractivity contribution in [1.29, 1.82) is 0 Å². The molecule has 0 aromatic carbocycles. The normalized spacial score (nSPS) is 22.9. The molecule has 0 N–H and O–H groups in total. The van der Waals surface area contributed by atoms with Crippen molar-refractivity contribution in [1.82, 2.24) is 0 Å². The van der Waals surface area contributed by atoms with E-state index in [9.17, 15) is 4.79 Å². The number of hydrogen-bond donors (Lipinski definition) is 0. The van der Waals surface area contributed by atoms with Crippen molar-refractivity contribution in [2.45, 2.75) is 45.6 Å². The Hall–Kier alpha value is -1.35. The smallest absolute Gasteiger partial charge is 0.338 e. The van der Waals surface area contributed by atoms with E-state index in [1.165, 1.54) is 6.08 Å². The van der Waals surface area contributed by atoms with Crippen LogP contribution in [0, 0.1) is 11.8 Å². The number of carbonyl (C=O) groups excluding carboxylic acids is 1. The lowest BCUT2D eigenvalue weighted by Crippen LogP contribution is -2.24. The molecule has 0 heterocycles. The molecule has 1 aliphatic rings. The summed E-state index contributed by atoms with van der Waals surface area (Å²) in [5, 5.41) is 0. The summed E-state index contributed by atoms with van der Waals surface area (Å²) >= 11 is 0. The van der Waals surface area contributed by atoms with Gasteiger partial charge in [-0.3, -0.25) is 0 Å². The van der Waals surface area contributed by atoms with E-state index < -0.39 is 0 Å². The molecule has 21 heavy (non-hydrogen) atoms. The summed E-state index contributed by atoms with van der Waals surface area (Å²) in [5.74, 6) is 0.818. The van der Waals surface area contributed by atoms with E-state index >= 15 is 0 Å². The third-order valence-corrected chi connectivity index (χ3v) is 3.83. The zero-order valence-electron chi connectivity index (χ0n) is 13.3. The predicted molar refractivity (Wildman–Crippen MR) is 86.0 cm³/mol. The van der Waals surface area contributed by atoms with Gasteiger partial charge in [0.05, 0.1) is 18.3 Å². The van der Waals surface area contributed by atoms with Gasteiger partial charge >= 0.3 is 5.97 Å². The van der Waals surface area contributed by atoms with Gasteiger partial charge in [0.1, 0.15) is 0 Å². The number of rotatable bonds is 8. The molecule has 118 valence electrons. The lowest BCUT2D eigenvalue weighted by atomic mass is 9.83. The highest BCUT2D eigenvalue weighted by atomic mass is 16.5. The van der Waals surface area contributed by atoms with Crippen molar-refractivity contribution in [3.8, 4) is 0 Å². The molecule has 0 unspecified atom stereocenters. The Morgan fingerprint density at radius 3 is 2.19 bits per heavy atom. The monoisotopic (exact) mass is 292 g/mol. The fourth-order valence-electron chi connectivity index (χ4n) is 2.52. The minimum atomic E-state index is -0.310. The Balaban J connectivity index is 2.27. The van der Waals surface area contributed by atoms with Crippen LogP contribution in [0.1, 0.15) is 39.5 Å². The van der Waals surface area contributed by atoms with Crippen LogP contribution in [0.3, 0.4) is 0 Å². The molecule has 3 heteroatoms. The largest absolute Gasteiger partial charge is 0.462 e. The van der Waals surface area contributed by atoms with Crippen LogP contribution in [-0.2, 0) is 14.3 Å². The lowest BCUT2D eigenvalue weighted by molar-refractivity contribution is -0.140. The van der Waals surface area contributed by atoms with Gasteiger partial charge in [0.25, 0.3) is 0 Å².